The number of carbonyl (C=O) groups excluding carboxylic acids is 2. The topological polar surface area (TPSA) is 64.6 Å². The molecule has 22 heavy (non-hydrogen) atoms. The van der Waals surface area contributed by atoms with E-state index in [4.69, 9.17) is 9.47 Å². The molecule has 1 rings (SSSR count). The second-order valence-electron chi connectivity index (χ2n) is 4.91. The molecule has 0 aliphatic carbocycles. The number of hydrogen-bond acceptors (Lipinski definition) is 5. The van der Waals surface area contributed by atoms with Crippen molar-refractivity contribution in [3.05, 3.63) is 42.0 Å². The van der Waals surface area contributed by atoms with Gasteiger partial charge < -0.3 is 14.8 Å². The van der Waals surface area contributed by atoms with Gasteiger partial charge in [0.25, 0.3) is 0 Å². The normalized spacial score (nSPS) is 9.91. The number of esters is 2. The number of nitrogens with one attached hydrogen (secondary N) is 1. The van der Waals surface area contributed by atoms with Crippen molar-refractivity contribution >= 4 is 17.6 Å². The predicted molar refractivity (Wildman–Crippen MR) is 85.9 cm³/mol. The van der Waals surface area contributed by atoms with Crippen LogP contribution in [0.5, 0.6) is 0 Å². The van der Waals surface area contributed by atoms with Gasteiger partial charge in [-0.2, -0.15) is 0 Å². The van der Waals surface area contributed by atoms with E-state index < -0.39 is 11.9 Å². The van der Waals surface area contributed by atoms with Gasteiger partial charge in [-0.3, -0.25) is 0 Å². The zero-order valence-electron chi connectivity index (χ0n) is 13.2. The summed E-state index contributed by atoms with van der Waals surface area (Å²) in [7, 11) is 0. The summed E-state index contributed by atoms with van der Waals surface area (Å²) in [5.74, 6) is -0.926. The fourth-order valence-corrected chi connectivity index (χ4v) is 1.61. The van der Waals surface area contributed by atoms with E-state index in [1.54, 1.807) is 19.1 Å². The molecule has 1 N–H and O–H groups in total. The molecule has 0 aliphatic heterocycles. The maximum Gasteiger partial charge on any atom is 0.338 e. The average molecular weight is 305 g/mol. The lowest BCUT2D eigenvalue weighted by Gasteiger charge is -2.08. The summed E-state index contributed by atoms with van der Waals surface area (Å²) in [6.45, 7) is 8.11. The first-order valence-electron chi connectivity index (χ1n) is 7.38. The van der Waals surface area contributed by atoms with E-state index in [1.807, 2.05) is 12.1 Å². The van der Waals surface area contributed by atoms with Gasteiger partial charge in [0.15, 0.2) is 0 Å². The van der Waals surface area contributed by atoms with Crippen LogP contribution in [-0.4, -0.2) is 31.7 Å². The van der Waals surface area contributed by atoms with Crippen molar-refractivity contribution in [1.82, 2.24) is 0 Å². The lowest BCUT2D eigenvalue weighted by Crippen LogP contribution is -2.14. The molecular weight excluding hydrogens is 282 g/mol. The third kappa shape index (κ3) is 6.43. The molecule has 1 aromatic carbocycles. The minimum atomic E-state index is -0.487. The molecule has 0 radical (unpaired) electrons. The van der Waals surface area contributed by atoms with E-state index in [2.05, 4.69) is 18.8 Å². The highest BCUT2D eigenvalue weighted by molar-refractivity contribution is 5.90. The number of anilines is 1. The van der Waals surface area contributed by atoms with Gasteiger partial charge in [-0.25, -0.2) is 9.59 Å². The van der Waals surface area contributed by atoms with Crippen LogP contribution >= 0.6 is 0 Å². The molecule has 0 bridgehead atoms. The van der Waals surface area contributed by atoms with Crippen molar-refractivity contribution < 1.29 is 19.1 Å². The maximum absolute atomic E-state index is 11.8. The number of carbonyl (C=O) groups is 2. The Morgan fingerprint density at radius 3 is 2.36 bits per heavy atom. The average Bonchev–Trinajstić information content (AvgIpc) is 2.52. The summed E-state index contributed by atoms with van der Waals surface area (Å²) < 4.78 is 9.87. The minimum absolute atomic E-state index is 0.0219. The van der Waals surface area contributed by atoms with Crippen molar-refractivity contribution in [1.29, 1.82) is 0 Å². The highest BCUT2D eigenvalue weighted by atomic mass is 16.6. The second-order valence-corrected chi connectivity index (χ2v) is 4.91. The van der Waals surface area contributed by atoms with Crippen LogP contribution < -0.4 is 5.32 Å². The van der Waals surface area contributed by atoms with Crippen molar-refractivity contribution in [2.45, 2.75) is 26.7 Å². The Balaban J connectivity index is 2.33. The summed E-state index contributed by atoms with van der Waals surface area (Å²) in [6.07, 6.45) is 2.24. The van der Waals surface area contributed by atoms with Crippen LogP contribution in [0.2, 0.25) is 0 Å². The van der Waals surface area contributed by atoms with E-state index >= 15 is 0 Å². The zero-order chi connectivity index (χ0) is 16.4. The molecular formula is C17H23NO4. The van der Waals surface area contributed by atoms with Gasteiger partial charge in [-0.05, 0) is 37.6 Å². The van der Waals surface area contributed by atoms with Crippen LogP contribution in [0.15, 0.2) is 36.4 Å². The highest BCUT2D eigenvalue weighted by Gasteiger charge is 2.08. The molecule has 0 fully saturated rings. The van der Waals surface area contributed by atoms with E-state index in [-0.39, 0.29) is 13.2 Å². The largest absolute Gasteiger partial charge is 0.459 e. The molecule has 0 saturated heterocycles. The van der Waals surface area contributed by atoms with E-state index in [9.17, 15) is 9.59 Å². The smallest absolute Gasteiger partial charge is 0.338 e. The number of ether oxygens (including phenoxy) is 2. The van der Waals surface area contributed by atoms with Gasteiger partial charge in [0, 0.05) is 17.8 Å². The van der Waals surface area contributed by atoms with Crippen LogP contribution in [0.4, 0.5) is 5.69 Å². The van der Waals surface area contributed by atoms with Gasteiger partial charge in [-0.1, -0.05) is 19.9 Å². The molecule has 5 nitrogen and oxygen atoms in total. The standard InChI is InChI=1S/C17H23NO4/c1-4-5-10-18-15-8-6-14(7-9-15)17(20)22-12-11-21-16(19)13(2)3/h6-9,18H,2,4-5,10-12H2,1,3H3. The van der Waals surface area contributed by atoms with Crippen LogP contribution in [0, 0.1) is 0 Å². The van der Waals surface area contributed by atoms with Crippen molar-refractivity contribution in [2.24, 2.45) is 0 Å². The van der Waals surface area contributed by atoms with Gasteiger partial charge in [0.1, 0.15) is 13.2 Å². The van der Waals surface area contributed by atoms with Gasteiger partial charge in [0.2, 0.25) is 0 Å². The number of unbranched alkanes of at least 4 members (excludes halogenated alkanes) is 1. The number of rotatable bonds is 9. The zero-order valence-corrected chi connectivity index (χ0v) is 13.2. The summed E-state index contributed by atoms with van der Waals surface area (Å²) in [5, 5.41) is 3.27. The Morgan fingerprint density at radius 1 is 1.14 bits per heavy atom. The summed E-state index contributed by atoms with van der Waals surface area (Å²) >= 11 is 0. The first-order valence-corrected chi connectivity index (χ1v) is 7.38. The summed E-state index contributed by atoms with van der Waals surface area (Å²) in [4.78, 5) is 22.9. The minimum Gasteiger partial charge on any atom is -0.459 e. The van der Waals surface area contributed by atoms with Gasteiger partial charge in [0.05, 0.1) is 5.56 Å². The number of hydrogen-bond donors (Lipinski definition) is 1. The monoisotopic (exact) mass is 305 g/mol. The molecule has 0 aliphatic rings. The summed E-state index contributed by atoms with van der Waals surface area (Å²) in [5.41, 5.74) is 1.75. The molecule has 0 aromatic heterocycles. The molecule has 0 amide bonds. The molecule has 0 heterocycles. The predicted octanol–water partition coefficient (Wildman–Crippen LogP) is 3.17. The quantitative estimate of drug-likeness (QED) is 0.431. The Hall–Kier alpha value is -2.30. The molecule has 120 valence electrons. The van der Waals surface area contributed by atoms with E-state index in [1.165, 1.54) is 0 Å². The fourth-order valence-electron chi connectivity index (χ4n) is 1.61. The Labute approximate surface area is 131 Å². The van der Waals surface area contributed by atoms with E-state index in [0.717, 1.165) is 25.1 Å². The Morgan fingerprint density at radius 2 is 1.77 bits per heavy atom. The Bertz CT molecular complexity index is 508. The molecule has 0 spiro atoms. The summed E-state index contributed by atoms with van der Waals surface area (Å²) in [6, 6.07) is 7.09. The van der Waals surface area contributed by atoms with Crippen molar-refractivity contribution in [3.8, 4) is 0 Å². The van der Waals surface area contributed by atoms with Gasteiger partial charge in [-0.15, -0.1) is 0 Å². The van der Waals surface area contributed by atoms with Crippen LogP contribution in [0.1, 0.15) is 37.0 Å². The van der Waals surface area contributed by atoms with Crippen molar-refractivity contribution in [3.63, 3.8) is 0 Å². The SMILES string of the molecule is C=C(C)C(=O)OCCOC(=O)c1ccc(NCCCC)cc1. The second kappa shape index (κ2) is 9.60. The highest BCUT2D eigenvalue weighted by Crippen LogP contribution is 2.10. The number of benzene rings is 1. The molecule has 1 aromatic rings. The van der Waals surface area contributed by atoms with Crippen molar-refractivity contribution in [2.75, 3.05) is 25.1 Å². The lowest BCUT2D eigenvalue weighted by molar-refractivity contribution is -0.140. The molecule has 0 saturated carbocycles. The lowest BCUT2D eigenvalue weighted by atomic mass is 10.2. The first-order chi connectivity index (χ1) is 10.5. The Kier molecular flexibility index (Phi) is 7.75. The molecule has 0 atom stereocenters. The molecule has 0 unspecified atom stereocenters. The first kappa shape index (κ1) is 17.8. The van der Waals surface area contributed by atoms with Crippen LogP contribution in [0.3, 0.4) is 0 Å². The molecule has 5 heteroatoms. The third-order valence-corrected chi connectivity index (χ3v) is 2.88. The van der Waals surface area contributed by atoms with Crippen LogP contribution in [-0.2, 0) is 14.3 Å². The van der Waals surface area contributed by atoms with Gasteiger partial charge >= 0.3 is 11.9 Å². The van der Waals surface area contributed by atoms with E-state index in [0.29, 0.717) is 11.1 Å². The van der Waals surface area contributed by atoms with Crippen LogP contribution in [0.25, 0.3) is 0 Å². The maximum atomic E-state index is 11.8. The third-order valence-electron chi connectivity index (χ3n) is 2.88. The fraction of sp³-hybridized carbons (Fsp3) is 0.412.